The van der Waals surface area contributed by atoms with Crippen molar-refractivity contribution in [3.05, 3.63) is 35.1 Å². The van der Waals surface area contributed by atoms with E-state index in [2.05, 4.69) is 5.32 Å². The number of aliphatic hydroxyl groups excluding tert-OH is 2. The Kier molecular flexibility index (Phi) is 4.69. The van der Waals surface area contributed by atoms with Gasteiger partial charge in [0, 0.05) is 19.6 Å². The number of hydrogen-bond acceptors (Lipinski definition) is 4. The van der Waals surface area contributed by atoms with E-state index in [0.717, 1.165) is 5.56 Å². The zero-order valence-corrected chi connectivity index (χ0v) is 11.3. The molecule has 6 heteroatoms. The molecule has 1 aromatic rings. The lowest BCUT2D eigenvalue weighted by Gasteiger charge is -2.14. The van der Waals surface area contributed by atoms with Crippen LogP contribution < -0.4 is 5.32 Å². The van der Waals surface area contributed by atoms with Gasteiger partial charge in [-0.3, -0.25) is 9.69 Å². The molecule has 1 saturated heterocycles. The Hall–Kier alpha value is -1.50. The lowest BCUT2D eigenvalue weighted by Crippen LogP contribution is -2.36. The Bertz CT molecular complexity index is 485. The second-order valence-electron chi connectivity index (χ2n) is 5.19. The molecule has 1 amide bonds. The van der Waals surface area contributed by atoms with Gasteiger partial charge >= 0.3 is 0 Å². The first kappa shape index (κ1) is 14.9. The predicted octanol–water partition coefficient (Wildman–Crippen LogP) is -0.212. The van der Waals surface area contributed by atoms with Gasteiger partial charge in [-0.15, -0.1) is 0 Å². The van der Waals surface area contributed by atoms with Crippen molar-refractivity contribution in [2.24, 2.45) is 0 Å². The second kappa shape index (κ2) is 6.30. The average molecular weight is 282 g/mol. The van der Waals surface area contributed by atoms with Crippen molar-refractivity contribution in [1.82, 2.24) is 10.2 Å². The number of nitrogens with one attached hydrogen (secondary N) is 1. The van der Waals surface area contributed by atoms with E-state index in [0.29, 0.717) is 25.2 Å². The van der Waals surface area contributed by atoms with Crippen molar-refractivity contribution in [3.8, 4) is 0 Å². The van der Waals surface area contributed by atoms with Crippen molar-refractivity contribution in [2.75, 3.05) is 19.6 Å². The van der Waals surface area contributed by atoms with Crippen LogP contribution in [0.5, 0.6) is 0 Å². The summed E-state index contributed by atoms with van der Waals surface area (Å²) in [5, 5.41) is 21.5. The fourth-order valence-corrected chi connectivity index (χ4v) is 2.25. The zero-order chi connectivity index (χ0) is 14.7. The van der Waals surface area contributed by atoms with Crippen LogP contribution in [0.3, 0.4) is 0 Å². The Labute approximate surface area is 117 Å². The van der Waals surface area contributed by atoms with Gasteiger partial charge in [0.05, 0.1) is 18.8 Å². The lowest BCUT2D eigenvalue weighted by atomic mass is 10.1. The smallest absolute Gasteiger partial charge is 0.234 e. The highest BCUT2D eigenvalue weighted by Gasteiger charge is 2.30. The van der Waals surface area contributed by atoms with Crippen molar-refractivity contribution in [3.63, 3.8) is 0 Å². The maximum absolute atomic E-state index is 13.1. The monoisotopic (exact) mass is 282 g/mol. The number of carbonyl (C=O) groups is 1. The molecule has 1 aliphatic rings. The summed E-state index contributed by atoms with van der Waals surface area (Å²) >= 11 is 0. The number of aliphatic hydroxyl groups is 2. The van der Waals surface area contributed by atoms with E-state index in [4.69, 9.17) is 0 Å². The second-order valence-corrected chi connectivity index (χ2v) is 5.19. The van der Waals surface area contributed by atoms with Crippen LogP contribution in [-0.2, 0) is 11.3 Å². The molecule has 0 aromatic heterocycles. The molecule has 2 atom stereocenters. The fourth-order valence-electron chi connectivity index (χ4n) is 2.25. The number of amides is 1. The minimum absolute atomic E-state index is 0.133. The first-order chi connectivity index (χ1) is 9.45. The standard InChI is InChI=1S/C14H19FN2O3/c1-9-4-10(2-3-11(9)15)5-16-14(20)8-17-6-12(18)13(19)7-17/h2-4,12-13,18-19H,5-8H2,1H3,(H,16,20). The highest BCUT2D eigenvalue weighted by atomic mass is 19.1. The van der Waals surface area contributed by atoms with Gasteiger partial charge in [-0.1, -0.05) is 12.1 Å². The molecule has 5 nitrogen and oxygen atoms in total. The van der Waals surface area contributed by atoms with E-state index >= 15 is 0 Å². The number of halogens is 1. The van der Waals surface area contributed by atoms with E-state index in [9.17, 15) is 19.4 Å². The highest BCUT2D eigenvalue weighted by Crippen LogP contribution is 2.10. The number of aryl methyl sites for hydroxylation is 1. The minimum Gasteiger partial charge on any atom is -0.389 e. The first-order valence-electron chi connectivity index (χ1n) is 6.56. The van der Waals surface area contributed by atoms with Crippen LogP contribution in [0.4, 0.5) is 4.39 Å². The third-order valence-electron chi connectivity index (χ3n) is 3.41. The largest absolute Gasteiger partial charge is 0.389 e. The van der Waals surface area contributed by atoms with E-state index in [-0.39, 0.29) is 18.3 Å². The van der Waals surface area contributed by atoms with E-state index in [1.165, 1.54) is 6.07 Å². The number of β-amino-alcohol motifs (C(OH)–C–C–N with tert-alkyl or cyclic N) is 2. The molecule has 1 fully saturated rings. The third kappa shape index (κ3) is 3.75. The molecule has 0 saturated carbocycles. The molecule has 2 unspecified atom stereocenters. The molecule has 0 radical (unpaired) electrons. The van der Waals surface area contributed by atoms with Crippen molar-refractivity contribution < 1.29 is 19.4 Å². The normalized spacial score (nSPS) is 23.0. The molecule has 2 rings (SSSR count). The molecular formula is C14H19FN2O3. The minimum atomic E-state index is -0.789. The fraction of sp³-hybridized carbons (Fsp3) is 0.500. The lowest BCUT2D eigenvalue weighted by molar-refractivity contribution is -0.122. The Morgan fingerprint density at radius 3 is 2.65 bits per heavy atom. The third-order valence-corrected chi connectivity index (χ3v) is 3.41. The van der Waals surface area contributed by atoms with Crippen LogP contribution in [0.1, 0.15) is 11.1 Å². The number of benzene rings is 1. The molecule has 1 aromatic carbocycles. The van der Waals surface area contributed by atoms with Gasteiger partial charge in [-0.05, 0) is 24.1 Å². The number of nitrogens with zero attached hydrogens (tertiary/aromatic N) is 1. The maximum atomic E-state index is 13.1. The quantitative estimate of drug-likeness (QED) is 0.714. The molecular weight excluding hydrogens is 263 g/mol. The van der Waals surface area contributed by atoms with Crippen LogP contribution in [0, 0.1) is 12.7 Å². The Morgan fingerprint density at radius 2 is 2.05 bits per heavy atom. The van der Waals surface area contributed by atoms with Crippen LogP contribution in [0.25, 0.3) is 0 Å². The van der Waals surface area contributed by atoms with Crippen molar-refractivity contribution in [2.45, 2.75) is 25.7 Å². The summed E-state index contributed by atoms with van der Waals surface area (Å²) in [5.74, 6) is -0.451. The molecule has 0 aliphatic carbocycles. The topological polar surface area (TPSA) is 72.8 Å². The summed E-state index contributed by atoms with van der Waals surface area (Å²) in [5.41, 5.74) is 1.38. The summed E-state index contributed by atoms with van der Waals surface area (Å²) in [6, 6.07) is 4.70. The Morgan fingerprint density at radius 1 is 1.40 bits per heavy atom. The van der Waals surface area contributed by atoms with Crippen LogP contribution in [0.2, 0.25) is 0 Å². The SMILES string of the molecule is Cc1cc(CNC(=O)CN2CC(O)C(O)C2)ccc1F. The average Bonchev–Trinajstić information content (AvgIpc) is 2.70. The van der Waals surface area contributed by atoms with E-state index < -0.39 is 12.2 Å². The molecule has 1 aliphatic heterocycles. The number of likely N-dealkylation sites (tertiary alicyclic amines) is 1. The molecule has 3 N–H and O–H groups in total. The maximum Gasteiger partial charge on any atom is 0.234 e. The van der Waals surface area contributed by atoms with Crippen molar-refractivity contribution >= 4 is 5.91 Å². The predicted molar refractivity (Wildman–Crippen MR) is 71.4 cm³/mol. The van der Waals surface area contributed by atoms with Crippen LogP contribution in [-0.4, -0.2) is 52.9 Å². The zero-order valence-electron chi connectivity index (χ0n) is 11.3. The summed E-state index contributed by atoms with van der Waals surface area (Å²) in [6.45, 7) is 2.73. The number of rotatable bonds is 4. The van der Waals surface area contributed by atoms with E-state index in [1.54, 1.807) is 24.0 Å². The van der Waals surface area contributed by atoms with Gasteiger partial charge in [0.2, 0.25) is 5.91 Å². The summed E-state index contributed by atoms with van der Waals surface area (Å²) < 4.78 is 13.1. The molecule has 0 bridgehead atoms. The number of carbonyl (C=O) groups excluding carboxylic acids is 1. The number of hydrogen-bond donors (Lipinski definition) is 3. The Balaban J connectivity index is 1.79. The van der Waals surface area contributed by atoms with Crippen LogP contribution >= 0.6 is 0 Å². The molecule has 0 spiro atoms. The molecule has 110 valence electrons. The first-order valence-corrected chi connectivity index (χ1v) is 6.56. The highest BCUT2D eigenvalue weighted by molar-refractivity contribution is 5.78. The van der Waals surface area contributed by atoms with Gasteiger partial charge in [0.1, 0.15) is 5.82 Å². The van der Waals surface area contributed by atoms with Gasteiger partial charge in [0.25, 0.3) is 0 Å². The van der Waals surface area contributed by atoms with Crippen molar-refractivity contribution in [1.29, 1.82) is 0 Å². The van der Waals surface area contributed by atoms with Gasteiger partial charge in [-0.25, -0.2) is 4.39 Å². The summed E-state index contributed by atoms with van der Waals surface area (Å²) in [7, 11) is 0. The van der Waals surface area contributed by atoms with Gasteiger partial charge < -0.3 is 15.5 Å². The molecule has 20 heavy (non-hydrogen) atoms. The summed E-state index contributed by atoms with van der Waals surface area (Å²) in [6.07, 6.45) is -1.58. The van der Waals surface area contributed by atoms with Gasteiger partial charge in [-0.2, -0.15) is 0 Å². The molecule has 1 heterocycles. The summed E-state index contributed by atoms with van der Waals surface area (Å²) in [4.78, 5) is 13.4. The van der Waals surface area contributed by atoms with E-state index in [1.807, 2.05) is 0 Å². The van der Waals surface area contributed by atoms with Crippen LogP contribution in [0.15, 0.2) is 18.2 Å². The van der Waals surface area contributed by atoms with Gasteiger partial charge in [0.15, 0.2) is 0 Å².